The van der Waals surface area contributed by atoms with Gasteiger partial charge in [-0.05, 0) is 68.2 Å². The zero-order chi connectivity index (χ0) is 18.7. The summed E-state index contributed by atoms with van der Waals surface area (Å²) in [4.78, 5) is 0. The number of rotatable bonds is 8. The van der Waals surface area contributed by atoms with E-state index in [1.807, 2.05) is 0 Å². The van der Waals surface area contributed by atoms with Crippen molar-refractivity contribution in [3.8, 4) is 0 Å². The Morgan fingerprint density at radius 2 is 1.96 bits per heavy atom. The summed E-state index contributed by atoms with van der Waals surface area (Å²) in [7, 11) is 0. The lowest BCUT2D eigenvalue weighted by molar-refractivity contribution is 0.109. The van der Waals surface area contributed by atoms with E-state index in [2.05, 4.69) is 52.8 Å². The van der Waals surface area contributed by atoms with E-state index in [1.54, 1.807) is 0 Å². The quantitative estimate of drug-likeness (QED) is 0.617. The van der Waals surface area contributed by atoms with E-state index in [4.69, 9.17) is 5.73 Å². The van der Waals surface area contributed by atoms with Crippen LogP contribution in [0.5, 0.6) is 0 Å². The Kier molecular flexibility index (Phi) is 6.56. The molecule has 3 heteroatoms. The molecule has 1 aromatic carbocycles. The van der Waals surface area contributed by atoms with Gasteiger partial charge in [-0.1, -0.05) is 58.6 Å². The molecule has 0 amide bonds. The molecule has 1 aromatic rings. The Hall–Kier alpha value is -1.06. The van der Waals surface area contributed by atoms with Crippen LogP contribution in [-0.2, 0) is 11.8 Å². The van der Waals surface area contributed by atoms with Gasteiger partial charge >= 0.3 is 0 Å². The lowest BCUT2D eigenvalue weighted by Gasteiger charge is -2.46. The predicted molar refractivity (Wildman–Crippen MR) is 107 cm³/mol. The average molecular weight is 347 g/mol. The van der Waals surface area contributed by atoms with Gasteiger partial charge in [0.15, 0.2) is 0 Å². The minimum Gasteiger partial charge on any atom is -0.330 e. The van der Waals surface area contributed by atoms with Crippen molar-refractivity contribution in [1.29, 1.82) is 0 Å². The number of anilines is 1. The number of hydrogen-bond donors (Lipinski definition) is 2. The molecule has 0 aliphatic carbocycles. The van der Waals surface area contributed by atoms with Crippen molar-refractivity contribution in [2.45, 2.75) is 90.5 Å². The van der Waals surface area contributed by atoms with Crippen molar-refractivity contribution in [2.24, 2.45) is 11.7 Å². The van der Waals surface area contributed by atoms with Crippen LogP contribution in [0.15, 0.2) is 18.2 Å². The zero-order valence-corrected chi connectivity index (χ0v) is 16.9. The summed E-state index contributed by atoms with van der Waals surface area (Å²) >= 11 is 0. The van der Waals surface area contributed by atoms with Gasteiger partial charge in [0.1, 0.15) is 0 Å². The van der Waals surface area contributed by atoms with Gasteiger partial charge in [0.2, 0.25) is 0 Å². The predicted octanol–water partition coefficient (Wildman–Crippen LogP) is 5.43. The maximum Gasteiger partial charge on any atom is 0.0675 e. The van der Waals surface area contributed by atoms with Gasteiger partial charge in [0.05, 0.1) is 11.2 Å². The molecular formula is C22H38N2O. The minimum atomic E-state index is -0.281. The summed E-state index contributed by atoms with van der Waals surface area (Å²) in [5.41, 5.74) is 9.21. The Morgan fingerprint density at radius 1 is 1.24 bits per heavy atom. The molecule has 0 saturated heterocycles. The number of benzene rings is 1. The highest BCUT2D eigenvalue weighted by atomic mass is 16.5. The molecule has 0 spiro atoms. The SMILES string of the molecule is CCCCCCC(C)(C)c1ccc2c(c1)N(O)C(C)(C)C(CCN)C2. The smallest absolute Gasteiger partial charge is 0.0675 e. The van der Waals surface area contributed by atoms with E-state index >= 15 is 0 Å². The molecule has 3 nitrogen and oxygen atoms in total. The molecular weight excluding hydrogens is 308 g/mol. The molecule has 0 fully saturated rings. The summed E-state index contributed by atoms with van der Waals surface area (Å²) in [6.45, 7) is 11.8. The first-order valence-electron chi connectivity index (χ1n) is 10.1. The van der Waals surface area contributed by atoms with Gasteiger partial charge in [0.25, 0.3) is 0 Å². The van der Waals surface area contributed by atoms with E-state index in [9.17, 15) is 5.21 Å². The molecule has 1 heterocycles. The van der Waals surface area contributed by atoms with E-state index in [1.165, 1.54) is 48.3 Å². The third kappa shape index (κ3) is 4.38. The molecule has 0 saturated carbocycles. The molecule has 0 bridgehead atoms. The van der Waals surface area contributed by atoms with E-state index in [0.29, 0.717) is 12.5 Å². The zero-order valence-electron chi connectivity index (χ0n) is 16.9. The summed E-state index contributed by atoms with van der Waals surface area (Å²) in [6, 6.07) is 6.71. The fourth-order valence-corrected chi connectivity index (χ4v) is 4.15. The van der Waals surface area contributed by atoms with Crippen LogP contribution in [0, 0.1) is 5.92 Å². The molecule has 142 valence electrons. The monoisotopic (exact) mass is 346 g/mol. The molecule has 1 aliphatic rings. The fourth-order valence-electron chi connectivity index (χ4n) is 4.15. The first-order chi connectivity index (χ1) is 11.7. The maximum absolute atomic E-state index is 10.9. The van der Waals surface area contributed by atoms with Crippen molar-refractivity contribution in [2.75, 3.05) is 11.6 Å². The van der Waals surface area contributed by atoms with Crippen LogP contribution >= 0.6 is 0 Å². The number of fused-ring (bicyclic) bond motifs is 1. The van der Waals surface area contributed by atoms with Crippen LogP contribution in [0.4, 0.5) is 5.69 Å². The van der Waals surface area contributed by atoms with Crippen molar-refractivity contribution in [3.63, 3.8) is 0 Å². The third-order valence-corrected chi connectivity index (χ3v) is 6.28. The number of nitrogens with zero attached hydrogens (tertiary/aromatic N) is 1. The standard InChI is InChI=1S/C22H38N2O/c1-6-7-8-9-13-21(2,3)18-11-10-17-15-19(12-14-23)22(4,5)24(25)20(17)16-18/h10-11,16,19,25H,6-9,12-15,23H2,1-5H3. The van der Waals surface area contributed by atoms with Crippen molar-refractivity contribution >= 4 is 5.69 Å². The molecule has 0 aromatic heterocycles. The van der Waals surface area contributed by atoms with Crippen LogP contribution in [0.3, 0.4) is 0 Å². The van der Waals surface area contributed by atoms with E-state index < -0.39 is 0 Å². The number of unbranched alkanes of at least 4 members (excludes halogenated alkanes) is 3. The highest BCUT2D eigenvalue weighted by Gasteiger charge is 2.40. The molecule has 2 rings (SSSR count). The van der Waals surface area contributed by atoms with Gasteiger partial charge in [0, 0.05) is 0 Å². The Labute approximate surface area is 154 Å². The normalized spacial score (nSPS) is 19.8. The third-order valence-electron chi connectivity index (χ3n) is 6.28. The lowest BCUT2D eigenvalue weighted by Crippen LogP contribution is -2.52. The Balaban J connectivity index is 2.23. The topological polar surface area (TPSA) is 49.5 Å². The molecule has 3 N–H and O–H groups in total. The highest BCUT2D eigenvalue weighted by molar-refractivity contribution is 5.58. The average Bonchev–Trinajstić information content (AvgIpc) is 2.56. The molecule has 1 aliphatic heterocycles. The van der Waals surface area contributed by atoms with Gasteiger partial charge < -0.3 is 5.73 Å². The molecule has 1 unspecified atom stereocenters. The van der Waals surface area contributed by atoms with Crippen LogP contribution in [0.1, 0.15) is 84.3 Å². The summed E-state index contributed by atoms with van der Waals surface area (Å²) in [5.74, 6) is 0.378. The highest BCUT2D eigenvalue weighted by Crippen LogP contribution is 2.42. The second kappa shape index (κ2) is 8.09. The van der Waals surface area contributed by atoms with E-state index in [-0.39, 0.29) is 11.0 Å². The van der Waals surface area contributed by atoms with Gasteiger partial charge in [-0.15, -0.1) is 0 Å². The largest absolute Gasteiger partial charge is 0.330 e. The number of hydrogen-bond acceptors (Lipinski definition) is 3. The van der Waals surface area contributed by atoms with Crippen molar-refractivity contribution in [1.82, 2.24) is 0 Å². The number of nitrogens with two attached hydrogens (primary N) is 1. The van der Waals surface area contributed by atoms with Gasteiger partial charge in [-0.3, -0.25) is 10.3 Å². The second-order valence-electron chi connectivity index (χ2n) is 8.98. The van der Waals surface area contributed by atoms with E-state index in [0.717, 1.165) is 18.5 Å². The van der Waals surface area contributed by atoms with Gasteiger partial charge in [-0.25, -0.2) is 0 Å². The van der Waals surface area contributed by atoms with Gasteiger partial charge in [-0.2, -0.15) is 0 Å². The first-order valence-corrected chi connectivity index (χ1v) is 10.1. The lowest BCUT2D eigenvalue weighted by atomic mass is 9.74. The summed E-state index contributed by atoms with van der Waals surface area (Å²) in [6.07, 6.45) is 8.30. The summed E-state index contributed by atoms with van der Waals surface area (Å²) in [5, 5.41) is 12.4. The van der Waals surface area contributed by atoms with Crippen molar-refractivity contribution in [3.05, 3.63) is 29.3 Å². The number of hydroxylamine groups is 1. The molecule has 1 atom stereocenters. The van der Waals surface area contributed by atoms with Crippen LogP contribution in [-0.4, -0.2) is 17.3 Å². The van der Waals surface area contributed by atoms with Crippen LogP contribution in [0.25, 0.3) is 0 Å². The Bertz CT molecular complexity index is 565. The van der Waals surface area contributed by atoms with Crippen LogP contribution in [0.2, 0.25) is 0 Å². The molecule has 25 heavy (non-hydrogen) atoms. The fraction of sp³-hybridized carbons (Fsp3) is 0.727. The first kappa shape index (κ1) is 20.3. The van der Waals surface area contributed by atoms with Crippen molar-refractivity contribution < 1.29 is 5.21 Å². The maximum atomic E-state index is 10.9. The second-order valence-corrected chi connectivity index (χ2v) is 8.98. The summed E-state index contributed by atoms with van der Waals surface area (Å²) < 4.78 is 0. The Morgan fingerprint density at radius 3 is 2.60 bits per heavy atom. The van der Waals surface area contributed by atoms with Crippen LogP contribution < -0.4 is 10.8 Å². The molecule has 0 radical (unpaired) electrons. The minimum absolute atomic E-state index is 0.141.